The number of rotatable bonds is 7. The number of benzene rings is 2. The first kappa shape index (κ1) is 18.8. The fraction of sp³-hybridized carbons (Fsp3) is 0.105. The number of aromatic nitrogens is 2. The van der Waals surface area contributed by atoms with Crippen LogP contribution >= 0.6 is 0 Å². The first-order valence-electron chi connectivity index (χ1n) is 8.44. The van der Waals surface area contributed by atoms with E-state index in [2.05, 4.69) is 20.6 Å². The van der Waals surface area contributed by atoms with Crippen molar-refractivity contribution in [3.05, 3.63) is 76.6 Å². The molecule has 3 rings (SSSR count). The topological polar surface area (TPSA) is 119 Å². The lowest BCUT2D eigenvalue weighted by Gasteiger charge is -2.12. The van der Waals surface area contributed by atoms with Crippen LogP contribution in [0.5, 0.6) is 0 Å². The van der Waals surface area contributed by atoms with Gasteiger partial charge in [0, 0.05) is 5.69 Å². The molecule has 2 N–H and O–H groups in total. The van der Waals surface area contributed by atoms with Crippen molar-refractivity contribution in [3.8, 4) is 0 Å². The van der Waals surface area contributed by atoms with Gasteiger partial charge in [0.15, 0.2) is 0 Å². The molecule has 0 unspecified atom stereocenters. The molecule has 1 heterocycles. The fourth-order valence-electron chi connectivity index (χ4n) is 2.50. The summed E-state index contributed by atoms with van der Waals surface area (Å²) in [6, 6.07) is 15.5. The van der Waals surface area contributed by atoms with Crippen LogP contribution in [0.4, 0.5) is 28.7 Å². The van der Waals surface area contributed by atoms with Crippen LogP contribution in [0.2, 0.25) is 0 Å². The highest BCUT2D eigenvalue weighted by atomic mass is 16.6. The second-order valence-electron chi connectivity index (χ2n) is 5.56. The Labute approximate surface area is 160 Å². The maximum Gasteiger partial charge on any atom is 0.353 e. The zero-order valence-electron chi connectivity index (χ0n) is 15.0. The molecule has 0 bridgehead atoms. The van der Waals surface area contributed by atoms with Crippen LogP contribution in [0.25, 0.3) is 0 Å². The van der Waals surface area contributed by atoms with E-state index in [1.807, 2.05) is 6.07 Å². The summed E-state index contributed by atoms with van der Waals surface area (Å²) in [5.41, 5.74) is 0.885. The number of nitro groups is 1. The largest absolute Gasteiger partial charge is 0.462 e. The number of hydrogen-bond acceptors (Lipinski definition) is 8. The Morgan fingerprint density at radius 3 is 2.36 bits per heavy atom. The lowest BCUT2D eigenvalue weighted by atomic mass is 10.2. The molecule has 9 heteroatoms. The maximum atomic E-state index is 12.1. The zero-order valence-corrected chi connectivity index (χ0v) is 15.0. The molecule has 0 spiro atoms. The standard InChI is InChI=1S/C19H17N5O4/c1-2-28-19(25)14-10-6-7-11-15(14)23-18-16(24(26)27)17(20-12-21-18)22-13-8-4-3-5-9-13/h3-12H,2H2,1H3,(H2,20,21,22,23). The fourth-order valence-corrected chi connectivity index (χ4v) is 2.50. The lowest BCUT2D eigenvalue weighted by molar-refractivity contribution is -0.383. The first-order chi connectivity index (χ1) is 13.6. The monoisotopic (exact) mass is 379 g/mol. The molecule has 0 aliphatic carbocycles. The summed E-state index contributed by atoms with van der Waals surface area (Å²) < 4.78 is 5.03. The van der Waals surface area contributed by atoms with Crippen LogP contribution in [0.15, 0.2) is 60.9 Å². The van der Waals surface area contributed by atoms with E-state index in [-0.39, 0.29) is 29.5 Å². The number of carbonyl (C=O) groups is 1. The molecule has 2 aromatic carbocycles. The minimum Gasteiger partial charge on any atom is -0.462 e. The van der Waals surface area contributed by atoms with E-state index in [1.165, 1.54) is 6.33 Å². The van der Waals surface area contributed by atoms with E-state index in [0.29, 0.717) is 11.4 Å². The number of ether oxygens (including phenoxy) is 1. The van der Waals surface area contributed by atoms with Gasteiger partial charge in [-0.3, -0.25) is 10.1 Å². The number of hydrogen-bond donors (Lipinski definition) is 2. The third kappa shape index (κ3) is 4.21. The molecule has 0 amide bonds. The van der Waals surface area contributed by atoms with E-state index in [4.69, 9.17) is 4.74 Å². The van der Waals surface area contributed by atoms with Gasteiger partial charge < -0.3 is 15.4 Å². The Bertz CT molecular complexity index is 995. The number of esters is 1. The predicted molar refractivity (Wildman–Crippen MR) is 104 cm³/mol. The molecule has 9 nitrogen and oxygen atoms in total. The normalized spacial score (nSPS) is 10.2. The average Bonchev–Trinajstić information content (AvgIpc) is 2.69. The summed E-state index contributed by atoms with van der Waals surface area (Å²) in [6.45, 7) is 1.91. The Kier molecular flexibility index (Phi) is 5.75. The molecular weight excluding hydrogens is 362 g/mol. The van der Waals surface area contributed by atoms with Crippen molar-refractivity contribution >= 4 is 34.7 Å². The van der Waals surface area contributed by atoms with Crippen molar-refractivity contribution in [1.82, 2.24) is 9.97 Å². The number of nitrogens with zero attached hydrogens (tertiary/aromatic N) is 3. The summed E-state index contributed by atoms with van der Waals surface area (Å²) in [5.74, 6) is -0.553. The first-order valence-corrected chi connectivity index (χ1v) is 8.44. The number of carbonyl (C=O) groups excluding carboxylic acids is 1. The molecule has 0 fully saturated rings. The van der Waals surface area contributed by atoms with Crippen LogP contribution < -0.4 is 10.6 Å². The van der Waals surface area contributed by atoms with Crippen LogP contribution in [-0.2, 0) is 4.74 Å². The van der Waals surface area contributed by atoms with E-state index in [1.54, 1.807) is 55.5 Å². The second-order valence-corrected chi connectivity index (χ2v) is 5.56. The Morgan fingerprint density at radius 2 is 1.68 bits per heavy atom. The molecule has 0 aliphatic heterocycles. The van der Waals surface area contributed by atoms with E-state index < -0.39 is 10.9 Å². The van der Waals surface area contributed by atoms with Gasteiger partial charge in [-0.05, 0) is 31.2 Å². The minimum absolute atomic E-state index is 0.0299. The predicted octanol–water partition coefficient (Wildman–Crippen LogP) is 4.05. The van der Waals surface area contributed by atoms with Gasteiger partial charge in [0.1, 0.15) is 6.33 Å². The van der Waals surface area contributed by atoms with Crippen LogP contribution in [-0.4, -0.2) is 27.5 Å². The summed E-state index contributed by atoms with van der Waals surface area (Å²) in [6.07, 6.45) is 1.20. The zero-order chi connectivity index (χ0) is 19.9. The summed E-state index contributed by atoms with van der Waals surface area (Å²) in [5, 5.41) is 17.5. The highest BCUT2D eigenvalue weighted by Crippen LogP contribution is 2.33. The van der Waals surface area contributed by atoms with Crippen LogP contribution in [0.1, 0.15) is 17.3 Å². The smallest absolute Gasteiger partial charge is 0.353 e. The average molecular weight is 379 g/mol. The SMILES string of the molecule is CCOC(=O)c1ccccc1Nc1ncnc(Nc2ccccc2)c1[N+](=O)[O-]. The minimum atomic E-state index is -0.583. The van der Waals surface area contributed by atoms with Crippen molar-refractivity contribution in [2.24, 2.45) is 0 Å². The molecule has 0 saturated heterocycles. The van der Waals surface area contributed by atoms with E-state index >= 15 is 0 Å². The van der Waals surface area contributed by atoms with E-state index in [9.17, 15) is 14.9 Å². The molecule has 1 aromatic heterocycles. The van der Waals surface area contributed by atoms with Crippen molar-refractivity contribution in [3.63, 3.8) is 0 Å². The van der Waals surface area contributed by atoms with Gasteiger partial charge in [-0.1, -0.05) is 30.3 Å². The van der Waals surface area contributed by atoms with Gasteiger partial charge in [-0.2, -0.15) is 0 Å². The van der Waals surface area contributed by atoms with Gasteiger partial charge in [0.25, 0.3) is 0 Å². The van der Waals surface area contributed by atoms with Crippen LogP contribution in [0.3, 0.4) is 0 Å². The van der Waals surface area contributed by atoms with Gasteiger partial charge in [0.2, 0.25) is 11.6 Å². The molecule has 0 aliphatic rings. The molecule has 0 radical (unpaired) electrons. The van der Waals surface area contributed by atoms with Crippen molar-refractivity contribution in [1.29, 1.82) is 0 Å². The Hall–Kier alpha value is -4.01. The maximum absolute atomic E-state index is 12.1. The van der Waals surface area contributed by atoms with Crippen LogP contribution in [0, 0.1) is 10.1 Å². The molecule has 3 aromatic rings. The summed E-state index contributed by atoms with van der Waals surface area (Å²) >= 11 is 0. The highest BCUT2D eigenvalue weighted by molar-refractivity contribution is 5.97. The van der Waals surface area contributed by atoms with E-state index in [0.717, 1.165) is 0 Å². The van der Waals surface area contributed by atoms with Gasteiger partial charge in [-0.15, -0.1) is 0 Å². The second kappa shape index (κ2) is 8.58. The van der Waals surface area contributed by atoms with Gasteiger partial charge >= 0.3 is 11.7 Å². The summed E-state index contributed by atoms with van der Waals surface area (Å²) in [7, 11) is 0. The molecule has 28 heavy (non-hydrogen) atoms. The quantitative estimate of drug-likeness (QED) is 0.358. The highest BCUT2D eigenvalue weighted by Gasteiger charge is 2.24. The van der Waals surface area contributed by atoms with Crippen molar-refractivity contribution in [2.45, 2.75) is 6.92 Å². The molecule has 0 saturated carbocycles. The Balaban J connectivity index is 1.98. The molecular formula is C19H17N5O4. The number of para-hydroxylation sites is 2. The molecule has 0 atom stereocenters. The third-order valence-corrected chi connectivity index (χ3v) is 3.72. The molecule has 142 valence electrons. The lowest BCUT2D eigenvalue weighted by Crippen LogP contribution is -2.10. The van der Waals surface area contributed by atoms with Gasteiger partial charge in [0.05, 0.1) is 22.8 Å². The third-order valence-electron chi connectivity index (χ3n) is 3.72. The number of anilines is 4. The van der Waals surface area contributed by atoms with Gasteiger partial charge in [-0.25, -0.2) is 14.8 Å². The van der Waals surface area contributed by atoms with Crippen molar-refractivity contribution < 1.29 is 14.5 Å². The van der Waals surface area contributed by atoms with Crippen molar-refractivity contribution in [2.75, 3.05) is 17.2 Å². The summed E-state index contributed by atoms with van der Waals surface area (Å²) in [4.78, 5) is 31.2. The Morgan fingerprint density at radius 1 is 1.04 bits per heavy atom. The number of nitrogens with one attached hydrogen (secondary N) is 2.